The van der Waals surface area contributed by atoms with Crippen molar-refractivity contribution in [3.63, 3.8) is 0 Å². The monoisotopic (exact) mass is 301 g/mol. The van der Waals surface area contributed by atoms with E-state index in [2.05, 4.69) is 25.6 Å². The Hall–Kier alpha value is -2.65. The average Bonchev–Trinajstić information content (AvgIpc) is 2.92. The van der Waals surface area contributed by atoms with Crippen LogP contribution >= 0.6 is 0 Å². The standard InChI is InChI=1S/C11H10F3N5O2/c1-7-2-3-8(4-9(7)19-6-15-17-18-19)16-10(20)21-5-11(12,13)14/h2-4,6H,5H2,1H3,(H,16,20). The van der Waals surface area contributed by atoms with E-state index in [0.717, 1.165) is 5.56 Å². The van der Waals surface area contributed by atoms with Crippen LogP contribution in [-0.4, -0.2) is 39.1 Å². The third kappa shape index (κ3) is 4.16. The van der Waals surface area contributed by atoms with Gasteiger partial charge in [-0.2, -0.15) is 13.2 Å². The van der Waals surface area contributed by atoms with Gasteiger partial charge in [-0.1, -0.05) is 6.07 Å². The lowest BCUT2D eigenvalue weighted by Gasteiger charge is -2.11. The molecule has 0 saturated heterocycles. The number of anilines is 1. The smallest absolute Gasteiger partial charge is 0.422 e. The fourth-order valence-electron chi connectivity index (χ4n) is 1.51. The van der Waals surface area contributed by atoms with E-state index in [0.29, 0.717) is 5.69 Å². The largest absolute Gasteiger partial charge is 0.440 e. The van der Waals surface area contributed by atoms with E-state index in [1.165, 1.54) is 23.1 Å². The number of nitrogens with one attached hydrogen (secondary N) is 1. The molecule has 1 amide bonds. The highest BCUT2D eigenvalue weighted by atomic mass is 19.4. The lowest BCUT2D eigenvalue weighted by molar-refractivity contribution is -0.159. The van der Waals surface area contributed by atoms with E-state index in [-0.39, 0.29) is 5.69 Å². The van der Waals surface area contributed by atoms with Crippen molar-refractivity contribution >= 4 is 11.8 Å². The zero-order valence-electron chi connectivity index (χ0n) is 10.8. The maximum atomic E-state index is 11.9. The molecule has 0 spiro atoms. The maximum absolute atomic E-state index is 11.9. The number of alkyl halides is 3. The zero-order valence-corrected chi connectivity index (χ0v) is 10.8. The first-order chi connectivity index (χ1) is 9.85. The summed E-state index contributed by atoms with van der Waals surface area (Å²) >= 11 is 0. The van der Waals surface area contributed by atoms with Crippen LogP contribution in [0.1, 0.15) is 5.56 Å². The van der Waals surface area contributed by atoms with Gasteiger partial charge >= 0.3 is 12.3 Å². The molecule has 10 heteroatoms. The Kier molecular flexibility index (Phi) is 4.05. The molecule has 1 aromatic heterocycles. The van der Waals surface area contributed by atoms with Crippen LogP contribution in [0.5, 0.6) is 0 Å². The predicted octanol–water partition coefficient (Wildman–Crippen LogP) is 2.08. The molecule has 112 valence electrons. The molecule has 1 aromatic carbocycles. The molecular weight excluding hydrogens is 291 g/mol. The zero-order chi connectivity index (χ0) is 15.5. The second kappa shape index (κ2) is 5.77. The topological polar surface area (TPSA) is 81.9 Å². The minimum Gasteiger partial charge on any atom is -0.440 e. The van der Waals surface area contributed by atoms with Gasteiger partial charge in [0.2, 0.25) is 0 Å². The van der Waals surface area contributed by atoms with Crippen molar-refractivity contribution in [3.05, 3.63) is 30.1 Å². The van der Waals surface area contributed by atoms with Gasteiger partial charge in [0.15, 0.2) is 6.61 Å². The van der Waals surface area contributed by atoms with E-state index in [9.17, 15) is 18.0 Å². The van der Waals surface area contributed by atoms with Crippen LogP contribution < -0.4 is 5.32 Å². The number of tetrazole rings is 1. The van der Waals surface area contributed by atoms with Crippen molar-refractivity contribution in [1.82, 2.24) is 20.2 Å². The highest BCUT2D eigenvalue weighted by molar-refractivity contribution is 5.85. The number of carbonyl (C=O) groups is 1. The van der Waals surface area contributed by atoms with Crippen molar-refractivity contribution in [2.45, 2.75) is 13.1 Å². The Labute approximate surface area is 116 Å². The third-order valence-corrected chi connectivity index (χ3v) is 2.42. The van der Waals surface area contributed by atoms with Crippen LogP contribution in [0.25, 0.3) is 5.69 Å². The number of aromatic nitrogens is 4. The molecule has 0 aliphatic rings. The fraction of sp³-hybridized carbons (Fsp3) is 0.273. The molecule has 7 nitrogen and oxygen atoms in total. The van der Waals surface area contributed by atoms with Gasteiger partial charge in [-0.15, -0.1) is 5.10 Å². The van der Waals surface area contributed by atoms with Crippen LogP contribution in [0.2, 0.25) is 0 Å². The number of halogens is 3. The summed E-state index contributed by atoms with van der Waals surface area (Å²) < 4.78 is 41.2. The quantitative estimate of drug-likeness (QED) is 0.938. The molecule has 0 saturated carbocycles. The number of amides is 1. The number of hydrogen-bond donors (Lipinski definition) is 1. The lowest BCUT2D eigenvalue weighted by atomic mass is 10.2. The highest BCUT2D eigenvalue weighted by Gasteiger charge is 2.29. The Bertz CT molecular complexity index is 627. The van der Waals surface area contributed by atoms with Crippen LogP contribution in [-0.2, 0) is 4.74 Å². The van der Waals surface area contributed by atoms with Gasteiger partial charge in [0.1, 0.15) is 6.33 Å². The van der Waals surface area contributed by atoms with Crippen molar-refractivity contribution in [2.75, 3.05) is 11.9 Å². The number of aryl methyl sites for hydroxylation is 1. The van der Waals surface area contributed by atoms with Gasteiger partial charge in [0.05, 0.1) is 5.69 Å². The summed E-state index contributed by atoms with van der Waals surface area (Å²) in [5.41, 5.74) is 1.66. The van der Waals surface area contributed by atoms with E-state index < -0.39 is 18.9 Å². The van der Waals surface area contributed by atoms with Gasteiger partial charge < -0.3 is 4.74 Å². The van der Waals surface area contributed by atoms with E-state index >= 15 is 0 Å². The molecule has 0 bridgehead atoms. The molecule has 0 fully saturated rings. The van der Waals surface area contributed by atoms with E-state index in [1.807, 2.05) is 0 Å². The van der Waals surface area contributed by atoms with Crippen LogP contribution in [0.15, 0.2) is 24.5 Å². The Morgan fingerprint density at radius 1 is 1.43 bits per heavy atom. The predicted molar refractivity (Wildman–Crippen MR) is 64.9 cm³/mol. The SMILES string of the molecule is Cc1ccc(NC(=O)OCC(F)(F)F)cc1-n1cnnn1. The summed E-state index contributed by atoms with van der Waals surface area (Å²) in [7, 11) is 0. The second-order valence-corrected chi connectivity index (χ2v) is 4.07. The van der Waals surface area contributed by atoms with Gasteiger partial charge in [-0.25, -0.2) is 9.48 Å². The average molecular weight is 301 g/mol. The molecule has 0 radical (unpaired) electrons. The molecule has 1 heterocycles. The summed E-state index contributed by atoms with van der Waals surface area (Å²) in [6.45, 7) is 0.146. The minimum atomic E-state index is -4.57. The molecule has 21 heavy (non-hydrogen) atoms. The first kappa shape index (κ1) is 14.8. The van der Waals surface area contributed by atoms with E-state index in [4.69, 9.17) is 0 Å². The molecule has 2 rings (SSSR count). The number of benzene rings is 1. The summed E-state index contributed by atoms with van der Waals surface area (Å²) in [5, 5.41) is 12.9. The number of hydrogen-bond acceptors (Lipinski definition) is 5. The van der Waals surface area contributed by atoms with Gasteiger partial charge in [0.25, 0.3) is 0 Å². The second-order valence-electron chi connectivity index (χ2n) is 4.07. The molecule has 0 unspecified atom stereocenters. The number of rotatable bonds is 3. The lowest BCUT2D eigenvalue weighted by Crippen LogP contribution is -2.23. The van der Waals surface area contributed by atoms with Crippen LogP contribution in [0.4, 0.5) is 23.7 Å². The Morgan fingerprint density at radius 2 is 2.19 bits per heavy atom. The van der Waals surface area contributed by atoms with Crippen molar-refractivity contribution in [1.29, 1.82) is 0 Å². The molecule has 0 aliphatic heterocycles. The third-order valence-electron chi connectivity index (χ3n) is 2.42. The van der Waals surface area contributed by atoms with Crippen LogP contribution in [0.3, 0.4) is 0 Å². The van der Waals surface area contributed by atoms with Crippen molar-refractivity contribution in [3.8, 4) is 5.69 Å². The molecule has 0 atom stereocenters. The first-order valence-corrected chi connectivity index (χ1v) is 5.70. The number of carbonyl (C=O) groups excluding carboxylic acids is 1. The summed E-state index contributed by atoms with van der Waals surface area (Å²) in [6, 6.07) is 4.70. The Morgan fingerprint density at radius 3 is 2.81 bits per heavy atom. The van der Waals surface area contributed by atoms with Crippen LogP contribution in [0, 0.1) is 6.92 Å². The normalized spacial score (nSPS) is 11.2. The first-order valence-electron chi connectivity index (χ1n) is 5.70. The van der Waals surface area contributed by atoms with Crippen molar-refractivity contribution in [2.24, 2.45) is 0 Å². The van der Waals surface area contributed by atoms with Gasteiger partial charge in [0, 0.05) is 5.69 Å². The summed E-state index contributed by atoms with van der Waals surface area (Å²) in [6.07, 6.45) is -4.41. The molecule has 0 aliphatic carbocycles. The molecular formula is C11H10F3N5O2. The van der Waals surface area contributed by atoms with Gasteiger partial charge in [-0.3, -0.25) is 5.32 Å². The number of ether oxygens (including phenoxy) is 1. The number of nitrogens with zero attached hydrogens (tertiary/aromatic N) is 4. The molecule has 1 N–H and O–H groups in total. The highest BCUT2D eigenvalue weighted by Crippen LogP contribution is 2.19. The summed E-state index contributed by atoms with van der Waals surface area (Å²) in [4.78, 5) is 11.3. The maximum Gasteiger partial charge on any atom is 0.422 e. The Balaban J connectivity index is 2.08. The fourth-order valence-corrected chi connectivity index (χ4v) is 1.51. The molecule has 2 aromatic rings. The van der Waals surface area contributed by atoms with Gasteiger partial charge in [-0.05, 0) is 35.0 Å². The summed E-state index contributed by atoms with van der Waals surface area (Å²) in [5.74, 6) is 0. The van der Waals surface area contributed by atoms with Crippen molar-refractivity contribution < 1.29 is 22.7 Å². The van der Waals surface area contributed by atoms with E-state index in [1.54, 1.807) is 13.0 Å². The minimum absolute atomic E-state index is 0.262.